The zero-order chi connectivity index (χ0) is 17.1. The molecule has 0 amide bonds. The van der Waals surface area contributed by atoms with E-state index in [1.54, 1.807) is 30.3 Å². The molecule has 0 saturated heterocycles. The Kier molecular flexibility index (Phi) is 4.01. The van der Waals surface area contributed by atoms with Gasteiger partial charge in [0.2, 0.25) is 5.69 Å². The van der Waals surface area contributed by atoms with Gasteiger partial charge in [0.05, 0.1) is 23.9 Å². The molecule has 0 atom stereocenters. The van der Waals surface area contributed by atoms with Crippen LogP contribution in [-0.2, 0) is 0 Å². The number of hydrogen-bond acceptors (Lipinski definition) is 2. The summed E-state index contributed by atoms with van der Waals surface area (Å²) in [7, 11) is 0. The Balaban J connectivity index is 2.30. The van der Waals surface area contributed by atoms with Gasteiger partial charge in [-0.2, -0.15) is 5.26 Å². The maximum atomic E-state index is 14.2. The molecule has 0 fully saturated rings. The van der Waals surface area contributed by atoms with Gasteiger partial charge in [-0.3, -0.25) is 4.98 Å². The molecular formula is C19H9F2N3. The Hall–Kier alpha value is -3.57. The molecule has 3 aromatic rings. The highest BCUT2D eigenvalue weighted by Crippen LogP contribution is 2.36. The van der Waals surface area contributed by atoms with Crippen molar-refractivity contribution in [3.8, 4) is 28.5 Å². The van der Waals surface area contributed by atoms with Gasteiger partial charge in [0.15, 0.2) is 0 Å². The van der Waals surface area contributed by atoms with E-state index < -0.39 is 11.6 Å². The Morgan fingerprint density at radius 3 is 2.50 bits per heavy atom. The summed E-state index contributed by atoms with van der Waals surface area (Å²) in [6.45, 7) is 7.18. The number of rotatable bonds is 2. The van der Waals surface area contributed by atoms with E-state index in [2.05, 4.69) is 9.83 Å². The third-order valence-electron chi connectivity index (χ3n) is 3.56. The molecule has 0 radical (unpaired) electrons. The maximum Gasteiger partial charge on any atom is 0.205 e. The normalized spacial score (nSPS) is 10.0. The molecule has 0 spiro atoms. The van der Waals surface area contributed by atoms with Gasteiger partial charge in [-0.1, -0.05) is 24.3 Å². The molecule has 0 aliphatic carbocycles. The number of benzene rings is 2. The smallest absolute Gasteiger partial charge is 0.205 e. The lowest BCUT2D eigenvalue weighted by atomic mass is 9.95. The first-order valence-electron chi connectivity index (χ1n) is 6.97. The average molecular weight is 317 g/mol. The Bertz CT molecular complexity index is 1010. The van der Waals surface area contributed by atoms with Crippen LogP contribution >= 0.6 is 0 Å². The number of halogens is 2. The third-order valence-corrected chi connectivity index (χ3v) is 3.56. The van der Waals surface area contributed by atoms with Crippen molar-refractivity contribution in [1.82, 2.24) is 4.98 Å². The molecule has 5 heteroatoms. The molecule has 0 bridgehead atoms. The molecule has 0 aliphatic rings. The molecule has 2 aromatic carbocycles. The number of nitriles is 1. The molecule has 1 heterocycles. The summed E-state index contributed by atoms with van der Waals surface area (Å²) in [4.78, 5) is 7.54. The molecule has 0 unspecified atom stereocenters. The molecule has 114 valence electrons. The standard InChI is InChI=1S/C19H9F2N3/c1-23-18-6-2-4-13(16(18)11-22)14-5-3-9-24-19(14)15-8-7-12(20)10-17(15)21/h2-10H. The summed E-state index contributed by atoms with van der Waals surface area (Å²) in [5.41, 5.74) is 1.81. The fourth-order valence-corrected chi connectivity index (χ4v) is 2.49. The zero-order valence-corrected chi connectivity index (χ0v) is 12.3. The number of nitrogens with zero attached hydrogens (tertiary/aromatic N) is 3. The van der Waals surface area contributed by atoms with E-state index in [4.69, 9.17) is 6.57 Å². The highest BCUT2D eigenvalue weighted by Gasteiger charge is 2.17. The van der Waals surface area contributed by atoms with Crippen LogP contribution in [0.15, 0.2) is 54.7 Å². The SMILES string of the molecule is [C-]#[N+]c1cccc(-c2cccnc2-c2ccc(F)cc2F)c1C#N. The maximum absolute atomic E-state index is 14.2. The van der Waals surface area contributed by atoms with E-state index in [0.717, 1.165) is 12.1 Å². The van der Waals surface area contributed by atoms with Crippen LogP contribution in [0.5, 0.6) is 0 Å². The summed E-state index contributed by atoms with van der Waals surface area (Å²) < 4.78 is 27.3. The largest absolute Gasteiger partial charge is 0.255 e. The highest BCUT2D eigenvalue weighted by molar-refractivity contribution is 5.86. The highest BCUT2D eigenvalue weighted by atomic mass is 19.1. The van der Waals surface area contributed by atoms with Crippen molar-refractivity contribution < 1.29 is 8.78 Å². The fourth-order valence-electron chi connectivity index (χ4n) is 2.49. The Morgan fingerprint density at radius 2 is 1.79 bits per heavy atom. The van der Waals surface area contributed by atoms with Gasteiger partial charge in [-0.15, -0.1) is 0 Å². The molecule has 3 nitrogen and oxygen atoms in total. The summed E-state index contributed by atoms with van der Waals surface area (Å²) in [5, 5.41) is 9.41. The minimum atomic E-state index is -0.741. The minimum Gasteiger partial charge on any atom is -0.255 e. The second-order valence-corrected chi connectivity index (χ2v) is 4.95. The minimum absolute atomic E-state index is 0.129. The van der Waals surface area contributed by atoms with E-state index in [1.165, 1.54) is 12.3 Å². The van der Waals surface area contributed by atoms with Crippen LogP contribution in [0.4, 0.5) is 14.5 Å². The van der Waals surface area contributed by atoms with Crippen LogP contribution in [0.2, 0.25) is 0 Å². The van der Waals surface area contributed by atoms with E-state index in [0.29, 0.717) is 11.1 Å². The van der Waals surface area contributed by atoms with Gasteiger partial charge in [0.1, 0.15) is 11.6 Å². The summed E-state index contributed by atoms with van der Waals surface area (Å²) >= 11 is 0. The predicted molar refractivity (Wildman–Crippen MR) is 86.0 cm³/mol. The monoisotopic (exact) mass is 317 g/mol. The molecule has 3 rings (SSSR count). The van der Waals surface area contributed by atoms with E-state index in [9.17, 15) is 14.0 Å². The Morgan fingerprint density at radius 1 is 1.00 bits per heavy atom. The van der Waals surface area contributed by atoms with Crippen LogP contribution in [0, 0.1) is 29.5 Å². The van der Waals surface area contributed by atoms with E-state index >= 15 is 0 Å². The van der Waals surface area contributed by atoms with Crippen molar-refractivity contribution in [3.63, 3.8) is 0 Å². The molecule has 1 aromatic heterocycles. The topological polar surface area (TPSA) is 41.0 Å². The van der Waals surface area contributed by atoms with Gasteiger partial charge in [-0.05, 0) is 23.8 Å². The van der Waals surface area contributed by atoms with Crippen molar-refractivity contribution in [2.75, 3.05) is 0 Å². The van der Waals surface area contributed by atoms with E-state index in [-0.39, 0.29) is 22.5 Å². The summed E-state index contributed by atoms with van der Waals surface area (Å²) in [6, 6.07) is 13.5. The van der Waals surface area contributed by atoms with Crippen molar-refractivity contribution >= 4 is 5.69 Å². The Labute approximate surface area is 137 Å². The number of pyridine rings is 1. The molecule has 0 aliphatic heterocycles. The summed E-state index contributed by atoms with van der Waals surface area (Å²) in [5.74, 6) is -1.42. The number of hydrogen-bond donors (Lipinski definition) is 0. The van der Waals surface area contributed by atoms with Gasteiger partial charge < -0.3 is 0 Å². The zero-order valence-electron chi connectivity index (χ0n) is 12.3. The van der Waals surface area contributed by atoms with Gasteiger partial charge in [0, 0.05) is 23.4 Å². The second-order valence-electron chi connectivity index (χ2n) is 4.95. The lowest BCUT2D eigenvalue weighted by molar-refractivity contribution is 0.585. The third kappa shape index (κ3) is 2.60. The molecule has 0 N–H and O–H groups in total. The van der Waals surface area contributed by atoms with Crippen LogP contribution in [0.25, 0.3) is 27.2 Å². The van der Waals surface area contributed by atoms with Crippen molar-refractivity contribution in [3.05, 3.63) is 83.3 Å². The first-order chi connectivity index (χ1) is 11.7. The number of aromatic nitrogens is 1. The quantitative estimate of drug-likeness (QED) is 0.616. The van der Waals surface area contributed by atoms with Gasteiger partial charge in [-0.25, -0.2) is 13.6 Å². The summed E-state index contributed by atoms with van der Waals surface area (Å²) in [6.07, 6.45) is 1.49. The molecule has 24 heavy (non-hydrogen) atoms. The predicted octanol–water partition coefficient (Wildman–Crippen LogP) is 5.12. The average Bonchev–Trinajstić information content (AvgIpc) is 2.61. The van der Waals surface area contributed by atoms with Gasteiger partial charge in [0.25, 0.3) is 0 Å². The lowest BCUT2D eigenvalue weighted by Gasteiger charge is -2.12. The first kappa shape index (κ1) is 15.3. The van der Waals surface area contributed by atoms with Crippen LogP contribution in [-0.4, -0.2) is 4.98 Å². The van der Waals surface area contributed by atoms with Crippen molar-refractivity contribution in [2.24, 2.45) is 0 Å². The van der Waals surface area contributed by atoms with Crippen LogP contribution in [0.3, 0.4) is 0 Å². The molecule has 0 saturated carbocycles. The van der Waals surface area contributed by atoms with Crippen LogP contribution in [0.1, 0.15) is 5.56 Å². The fraction of sp³-hybridized carbons (Fsp3) is 0. The second kappa shape index (κ2) is 6.28. The lowest BCUT2D eigenvalue weighted by Crippen LogP contribution is -1.94. The van der Waals surface area contributed by atoms with Crippen molar-refractivity contribution in [2.45, 2.75) is 0 Å². The van der Waals surface area contributed by atoms with E-state index in [1.807, 2.05) is 6.07 Å². The van der Waals surface area contributed by atoms with Crippen molar-refractivity contribution in [1.29, 1.82) is 5.26 Å². The molecular weight excluding hydrogens is 308 g/mol. The van der Waals surface area contributed by atoms with Gasteiger partial charge >= 0.3 is 0 Å². The van der Waals surface area contributed by atoms with Crippen LogP contribution < -0.4 is 0 Å². The first-order valence-corrected chi connectivity index (χ1v) is 6.97.